The molecule has 1 N–H and O–H groups in total. The van der Waals surface area contributed by atoms with Crippen LogP contribution >= 0.6 is 31.9 Å². The molecule has 534 valence electrons. The Labute approximate surface area is 671 Å². The minimum Gasteiger partial charge on any atom is -0.355 e. The van der Waals surface area contributed by atoms with Gasteiger partial charge >= 0.3 is 0 Å². The third-order valence-electron chi connectivity index (χ3n) is 20.9. The largest absolute Gasteiger partial charge is 0.355 e. The number of fused-ring (bicyclic) bond motifs is 9. The SMILES string of the molecule is Brc1cccc(-c2cc(-c3ccccc3)nc(-c3cc(-c4cccc(Br)c4)cc(-c4ccccc4)n3)c2)c1.c1ccc(-c2cc(-c3cccc(-n4c5ccccc5c5ccccc54)c3)cc(-c3cc(-c4cccc(-n5c6ccccc6c6ccccc65)c4)cc(-c4ccccc4)n3)n2)cc1.c1ccc2c(c1)[nH]c1ccccc12. The number of benzene rings is 14. The van der Waals surface area contributed by atoms with Gasteiger partial charge in [0.05, 0.1) is 67.6 Å². The molecule has 14 aromatic carbocycles. The molecule has 0 aliphatic rings. The molecule has 7 aromatic heterocycles. The number of para-hydroxylation sites is 6. The average Bonchev–Trinajstić information content (AvgIpc) is 1.62. The number of pyridine rings is 4. The van der Waals surface area contributed by atoms with E-state index in [1.807, 2.05) is 60.7 Å². The molecule has 0 atom stereocenters. The van der Waals surface area contributed by atoms with Crippen molar-refractivity contribution in [2.24, 2.45) is 0 Å². The smallest absolute Gasteiger partial charge is 0.0900 e. The van der Waals surface area contributed by atoms with E-state index in [-0.39, 0.29) is 0 Å². The number of hydrogen-bond donors (Lipinski definition) is 1. The molecular weight excluding hydrogens is 1510 g/mol. The highest BCUT2D eigenvalue weighted by molar-refractivity contribution is 9.10. The highest BCUT2D eigenvalue weighted by Crippen LogP contribution is 2.41. The monoisotopic (exact) mass is 1570 g/mol. The molecule has 0 unspecified atom stereocenters. The topological polar surface area (TPSA) is 77.2 Å². The number of aromatic amines is 1. The van der Waals surface area contributed by atoms with E-state index in [9.17, 15) is 0 Å². The molecule has 0 amide bonds. The van der Waals surface area contributed by atoms with Crippen LogP contribution in [-0.4, -0.2) is 34.1 Å². The molecule has 9 heteroatoms. The average molecular weight is 1580 g/mol. The standard InChI is InChI=1S/C58H38N4.C34H22Br2N2.C12H9N/c1-3-17-39(18-4-1)51-35-43(41-21-15-23-45(33-41)61-55-29-11-7-25-47(55)48-26-8-12-30-56(48)61)37-53(59-51)54-38-44(36-52(60-54)40-19-5-2-6-20-40)42-22-16-24-46(34-42)62-57-31-13-9-27-49(57)50-28-10-14-32-58(50)62;35-29-15-7-13-25(17-29)27-19-31(23-9-3-1-4-10-23)37-33(21-27)34-22-28(26-14-8-16-30(36)18-26)20-32(38-34)24-11-5-2-6-12-24;1-3-7-11-9(5-1)10-6-2-4-8-12(10)13-11/h1-38H;1-22H;1-8,13H. The van der Waals surface area contributed by atoms with Gasteiger partial charge in [-0.3, -0.25) is 0 Å². The Bertz CT molecular complexity index is 6560. The van der Waals surface area contributed by atoms with Crippen molar-refractivity contribution < 1.29 is 0 Å². The van der Waals surface area contributed by atoms with E-state index in [0.717, 1.165) is 133 Å². The van der Waals surface area contributed by atoms with Crippen molar-refractivity contribution in [1.29, 1.82) is 0 Å². The number of hydrogen-bond acceptors (Lipinski definition) is 4. The zero-order valence-corrected chi connectivity index (χ0v) is 64.4. The fraction of sp³-hybridized carbons (Fsp3) is 0. The molecule has 0 bridgehead atoms. The zero-order valence-electron chi connectivity index (χ0n) is 61.2. The first-order valence-electron chi connectivity index (χ1n) is 37.8. The van der Waals surface area contributed by atoms with Crippen LogP contribution in [0.15, 0.2) is 421 Å². The van der Waals surface area contributed by atoms with Gasteiger partial charge in [-0.25, -0.2) is 19.9 Å². The predicted molar refractivity (Wildman–Crippen MR) is 478 cm³/mol. The number of aromatic nitrogens is 7. The second-order valence-corrected chi connectivity index (χ2v) is 29.9. The summed E-state index contributed by atoms with van der Waals surface area (Å²) in [6.45, 7) is 0. The molecule has 0 aliphatic carbocycles. The minimum atomic E-state index is 0.807. The molecule has 21 rings (SSSR count). The zero-order chi connectivity index (χ0) is 75.6. The van der Waals surface area contributed by atoms with Crippen LogP contribution < -0.4 is 0 Å². The van der Waals surface area contributed by atoms with Gasteiger partial charge in [0.2, 0.25) is 0 Å². The summed E-state index contributed by atoms with van der Waals surface area (Å²) >= 11 is 7.26. The predicted octanol–water partition coefficient (Wildman–Crippen LogP) is 28.7. The maximum atomic E-state index is 5.38. The molecule has 0 fully saturated rings. The molecule has 0 radical (unpaired) electrons. The first-order valence-corrected chi connectivity index (χ1v) is 39.4. The van der Waals surface area contributed by atoms with Crippen molar-refractivity contribution in [1.82, 2.24) is 34.1 Å². The Kier molecular flexibility index (Phi) is 19.0. The Morgan fingerprint density at radius 2 is 0.407 bits per heavy atom. The second-order valence-electron chi connectivity index (χ2n) is 28.0. The van der Waals surface area contributed by atoms with E-state index in [2.05, 4.69) is 398 Å². The van der Waals surface area contributed by atoms with E-state index in [4.69, 9.17) is 19.9 Å². The molecule has 21 aromatic rings. The van der Waals surface area contributed by atoms with Crippen LogP contribution in [0.5, 0.6) is 0 Å². The lowest BCUT2D eigenvalue weighted by Gasteiger charge is -2.15. The van der Waals surface area contributed by atoms with Gasteiger partial charge in [0.15, 0.2) is 0 Å². The first-order chi connectivity index (χ1) is 55.8. The van der Waals surface area contributed by atoms with Crippen molar-refractivity contribution >= 4 is 97.3 Å². The Hall–Kier alpha value is -14.0. The molecular formula is C104H69Br2N7. The summed E-state index contributed by atoms with van der Waals surface area (Å²) in [6.07, 6.45) is 0. The van der Waals surface area contributed by atoms with Crippen molar-refractivity contribution in [3.8, 4) is 124 Å². The maximum Gasteiger partial charge on any atom is 0.0900 e. The summed E-state index contributed by atoms with van der Waals surface area (Å²) in [4.78, 5) is 24.4. The summed E-state index contributed by atoms with van der Waals surface area (Å²) in [5.41, 5.74) is 29.2. The number of rotatable bonds is 12. The van der Waals surface area contributed by atoms with Gasteiger partial charge in [0.1, 0.15) is 0 Å². The fourth-order valence-corrected chi connectivity index (χ4v) is 16.3. The van der Waals surface area contributed by atoms with E-state index in [0.29, 0.717) is 0 Å². The lowest BCUT2D eigenvalue weighted by Crippen LogP contribution is -1.97. The lowest BCUT2D eigenvalue weighted by atomic mass is 9.98. The van der Waals surface area contributed by atoms with Gasteiger partial charge in [-0.05, 0) is 178 Å². The normalized spacial score (nSPS) is 11.3. The molecule has 0 aliphatic heterocycles. The van der Waals surface area contributed by atoms with Crippen LogP contribution in [0.3, 0.4) is 0 Å². The molecule has 0 saturated heterocycles. The number of H-pyrrole nitrogens is 1. The van der Waals surface area contributed by atoms with Crippen molar-refractivity contribution in [3.63, 3.8) is 0 Å². The molecule has 7 nitrogen and oxygen atoms in total. The summed E-state index contributed by atoms with van der Waals surface area (Å²) in [5.74, 6) is 0. The molecule has 113 heavy (non-hydrogen) atoms. The number of nitrogens with one attached hydrogen (secondary N) is 1. The highest BCUT2D eigenvalue weighted by Gasteiger charge is 2.20. The summed E-state index contributed by atoms with van der Waals surface area (Å²) in [5, 5.41) is 7.58. The Morgan fingerprint density at radius 1 is 0.177 bits per heavy atom. The lowest BCUT2D eigenvalue weighted by molar-refractivity contribution is 1.18. The van der Waals surface area contributed by atoms with Crippen molar-refractivity contribution in [2.75, 3.05) is 0 Å². The van der Waals surface area contributed by atoms with E-state index < -0.39 is 0 Å². The van der Waals surface area contributed by atoms with Gasteiger partial charge in [-0.15, -0.1) is 0 Å². The first kappa shape index (κ1) is 69.5. The Morgan fingerprint density at radius 3 is 0.699 bits per heavy atom. The minimum absolute atomic E-state index is 0.807. The van der Waals surface area contributed by atoms with Crippen LogP contribution in [0.4, 0.5) is 0 Å². The molecule has 0 spiro atoms. The van der Waals surface area contributed by atoms with Crippen LogP contribution in [0, 0.1) is 0 Å². The van der Waals surface area contributed by atoms with Gasteiger partial charge in [0.25, 0.3) is 0 Å². The van der Waals surface area contributed by atoms with Gasteiger partial charge in [0, 0.05) is 85.9 Å². The molecule has 7 heterocycles. The van der Waals surface area contributed by atoms with Gasteiger partial charge in [-0.1, -0.05) is 311 Å². The maximum absolute atomic E-state index is 5.38. The Balaban J connectivity index is 0.000000141. The quantitative estimate of drug-likeness (QED) is 0.132. The molecule has 0 saturated carbocycles. The van der Waals surface area contributed by atoms with E-state index in [1.54, 1.807) is 0 Å². The van der Waals surface area contributed by atoms with Gasteiger partial charge in [-0.2, -0.15) is 0 Å². The summed E-state index contributed by atoms with van der Waals surface area (Å²) in [6, 6.07) is 145. The van der Waals surface area contributed by atoms with E-state index in [1.165, 1.54) is 65.4 Å². The summed E-state index contributed by atoms with van der Waals surface area (Å²) < 4.78 is 6.82. The van der Waals surface area contributed by atoms with Crippen LogP contribution in [0.2, 0.25) is 0 Å². The summed E-state index contributed by atoms with van der Waals surface area (Å²) in [7, 11) is 0. The highest BCUT2D eigenvalue weighted by atomic mass is 79.9. The second kappa shape index (κ2) is 30.8. The van der Waals surface area contributed by atoms with Gasteiger partial charge < -0.3 is 14.1 Å². The third kappa shape index (κ3) is 14.2. The van der Waals surface area contributed by atoms with E-state index >= 15 is 0 Å². The van der Waals surface area contributed by atoms with Crippen LogP contribution in [0.1, 0.15) is 0 Å². The third-order valence-corrected chi connectivity index (χ3v) is 21.9. The fourth-order valence-electron chi connectivity index (χ4n) is 15.5. The van der Waals surface area contributed by atoms with Crippen LogP contribution in [-0.2, 0) is 0 Å². The van der Waals surface area contributed by atoms with Crippen LogP contribution in [0.25, 0.3) is 189 Å². The van der Waals surface area contributed by atoms with Crippen molar-refractivity contribution in [2.45, 2.75) is 0 Å². The number of nitrogens with zero attached hydrogens (tertiary/aromatic N) is 6. The van der Waals surface area contributed by atoms with Crippen molar-refractivity contribution in [3.05, 3.63) is 421 Å². The number of halogens is 2.